The molecule has 0 bridgehead atoms. The highest BCUT2D eigenvalue weighted by molar-refractivity contribution is 6.07. The highest BCUT2D eigenvalue weighted by Gasteiger charge is 2.37. The Balaban J connectivity index is 1.97. The van der Waals surface area contributed by atoms with Crippen LogP contribution < -0.4 is 10.9 Å². The van der Waals surface area contributed by atoms with Crippen LogP contribution in [0.25, 0.3) is 11.1 Å². The molecule has 0 aliphatic carbocycles. The Hall–Kier alpha value is -3.10. The van der Waals surface area contributed by atoms with Gasteiger partial charge in [0.2, 0.25) is 5.56 Å². The van der Waals surface area contributed by atoms with E-state index >= 15 is 0 Å². The molecule has 0 unspecified atom stereocenters. The van der Waals surface area contributed by atoms with E-state index in [1.54, 1.807) is 0 Å². The number of alkyl halides is 3. The van der Waals surface area contributed by atoms with Crippen molar-refractivity contribution in [2.24, 2.45) is 7.05 Å². The zero-order chi connectivity index (χ0) is 17.5. The monoisotopic (exact) mass is 337 g/mol. The van der Waals surface area contributed by atoms with Crippen molar-refractivity contribution in [1.29, 1.82) is 0 Å². The molecule has 3 aromatic rings. The van der Waals surface area contributed by atoms with Crippen LogP contribution in [0.5, 0.6) is 0 Å². The lowest BCUT2D eigenvalue weighted by atomic mass is 10.2. The second-order valence-electron chi connectivity index (χ2n) is 4.99. The summed E-state index contributed by atoms with van der Waals surface area (Å²) in [6, 6.07) is 6.70. The van der Waals surface area contributed by atoms with Gasteiger partial charge in [-0.25, -0.2) is 4.98 Å². The van der Waals surface area contributed by atoms with Gasteiger partial charge in [0, 0.05) is 19.3 Å². The fraction of sp³-hybridized carbons (Fsp3) is 0.133. The average molecular weight is 337 g/mol. The third kappa shape index (κ3) is 2.87. The van der Waals surface area contributed by atoms with Crippen LogP contribution in [0.2, 0.25) is 0 Å². The Bertz CT molecular complexity index is 989. The maximum Gasteiger partial charge on any atom is 0.468 e. The molecule has 24 heavy (non-hydrogen) atoms. The first-order chi connectivity index (χ1) is 11.3. The molecular formula is C15H10F3N3O3. The molecule has 2 aromatic heterocycles. The van der Waals surface area contributed by atoms with Crippen LogP contribution in [0.3, 0.4) is 0 Å². The number of anilines is 1. The van der Waals surface area contributed by atoms with E-state index in [4.69, 9.17) is 0 Å². The molecule has 0 fully saturated rings. The van der Waals surface area contributed by atoms with Gasteiger partial charge in [0.1, 0.15) is 5.52 Å². The number of benzene rings is 1. The summed E-state index contributed by atoms with van der Waals surface area (Å²) in [5.74, 6) is -1.98. The number of amides is 1. The molecule has 2 heterocycles. The topological polar surface area (TPSA) is 77.1 Å². The molecule has 6 nitrogen and oxygen atoms in total. The summed E-state index contributed by atoms with van der Waals surface area (Å²) in [5.41, 5.74) is -0.247. The maximum absolute atomic E-state index is 12.7. The van der Waals surface area contributed by atoms with Crippen LogP contribution in [0.15, 0.2) is 45.7 Å². The number of aromatic nitrogens is 2. The Kier molecular flexibility index (Phi) is 3.63. The largest absolute Gasteiger partial charge is 0.468 e. The highest BCUT2D eigenvalue weighted by atomic mass is 19.4. The highest BCUT2D eigenvalue weighted by Crippen LogP contribution is 2.33. The summed E-state index contributed by atoms with van der Waals surface area (Å²) in [6.07, 6.45) is -3.40. The quantitative estimate of drug-likeness (QED) is 0.780. The van der Waals surface area contributed by atoms with Gasteiger partial charge in [0.15, 0.2) is 5.58 Å². The van der Waals surface area contributed by atoms with Gasteiger partial charge < -0.3 is 14.3 Å². The Labute approximate surface area is 132 Å². The minimum atomic E-state index is -4.72. The van der Waals surface area contributed by atoms with E-state index in [0.717, 1.165) is 0 Å². The van der Waals surface area contributed by atoms with Crippen LogP contribution in [0, 0.1) is 0 Å². The molecule has 0 aliphatic rings. The molecule has 0 saturated carbocycles. The number of hydrogen-bond acceptors (Lipinski definition) is 4. The minimum absolute atomic E-state index is 0.0746. The van der Waals surface area contributed by atoms with E-state index in [0.29, 0.717) is 0 Å². The molecule has 1 amide bonds. The van der Waals surface area contributed by atoms with Crippen molar-refractivity contribution < 1.29 is 22.4 Å². The van der Waals surface area contributed by atoms with Gasteiger partial charge >= 0.3 is 12.1 Å². The van der Waals surface area contributed by atoms with Gasteiger partial charge in [-0.05, 0) is 18.2 Å². The minimum Gasteiger partial charge on any atom is -0.433 e. The number of oxazole rings is 1. The lowest BCUT2D eigenvalue weighted by molar-refractivity contribution is -0.156. The molecule has 0 spiro atoms. The lowest BCUT2D eigenvalue weighted by Crippen LogP contribution is -2.19. The molecule has 9 heteroatoms. The standard InChI is InChI=1S/C15H10F3N3O3/c1-21-7-8(5-6-11(21)22)13(23)19-9-3-2-4-10-12(9)20-14(24-10)15(16,17)18/h2-7H,1H3,(H,19,23). The van der Waals surface area contributed by atoms with Gasteiger partial charge in [-0.2, -0.15) is 13.2 Å². The molecule has 0 radical (unpaired) electrons. The number of nitrogens with one attached hydrogen (secondary N) is 1. The zero-order valence-electron chi connectivity index (χ0n) is 12.2. The van der Waals surface area contributed by atoms with Crippen LogP contribution in [0.1, 0.15) is 16.2 Å². The van der Waals surface area contributed by atoms with Gasteiger partial charge in [-0.15, -0.1) is 0 Å². The summed E-state index contributed by atoms with van der Waals surface area (Å²) in [4.78, 5) is 26.9. The Morgan fingerprint density at radius 3 is 2.67 bits per heavy atom. The van der Waals surface area contributed by atoms with Crippen LogP contribution in [-0.4, -0.2) is 15.5 Å². The zero-order valence-corrected chi connectivity index (χ0v) is 12.2. The molecular weight excluding hydrogens is 327 g/mol. The van der Waals surface area contributed by atoms with Gasteiger partial charge in [-0.1, -0.05) is 6.07 Å². The predicted octanol–water partition coefficient (Wildman–Crippen LogP) is 2.80. The Morgan fingerprint density at radius 1 is 1.25 bits per heavy atom. The number of hydrogen-bond donors (Lipinski definition) is 1. The molecule has 3 rings (SSSR count). The predicted molar refractivity (Wildman–Crippen MR) is 78.6 cm³/mol. The summed E-state index contributed by atoms with van der Waals surface area (Å²) >= 11 is 0. The summed E-state index contributed by atoms with van der Waals surface area (Å²) in [5, 5.41) is 2.47. The van der Waals surface area contributed by atoms with Crippen molar-refractivity contribution in [3.8, 4) is 0 Å². The van der Waals surface area contributed by atoms with E-state index in [1.807, 2.05) is 0 Å². The van der Waals surface area contributed by atoms with Crippen molar-refractivity contribution in [1.82, 2.24) is 9.55 Å². The fourth-order valence-electron chi connectivity index (χ4n) is 2.09. The van der Waals surface area contributed by atoms with E-state index in [-0.39, 0.29) is 27.9 Å². The number of carbonyl (C=O) groups excluding carboxylic acids is 1. The number of fused-ring (bicyclic) bond motifs is 1. The van der Waals surface area contributed by atoms with Crippen molar-refractivity contribution >= 4 is 22.7 Å². The third-order valence-corrected chi connectivity index (χ3v) is 3.26. The summed E-state index contributed by atoms with van der Waals surface area (Å²) in [6.45, 7) is 0. The van der Waals surface area contributed by atoms with E-state index in [2.05, 4.69) is 14.7 Å². The summed E-state index contributed by atoms with van der Waals surface area (Å²) in [7, 11) is 1.48. The fourth-order valence-corrected chi connectivity index (χ4v) is 2.09. The number of halogens is 3. The van der Waals surface area contributed by atoms with E-state index < -0.39 is 18.0 Å². The second-order valence-corrected chi connectivity index (χ2v) is 4.99. The van der Waals surface area contributed by atoms with Gasteiger partial charge in [0.25, 0.3) is 5.91 Å². The normalized spacial score (nSPS) is 11.7. The lowest BCUT2D eigenvalue weighted by Gasteiger charge is -2.06. The van der Waals surface area contributed by atoms with Crippen LogP contribution >= 0.6 is 0 Å². The van der Waals surface area contributed by atoms with Crippen LogP contribution in [0.4, 0.5) is 18.9 Å². The average Bonchev–Trinajstić information content (AvgIpc) is 2.95. The van der Waals surface area contributed by atoms with E-state index in [1.165, 1.54) is 48.1 Å². The number of para-hydroxylation sites is 1. The smallest absolute Gasteiger partial charge is 0.433 e. The third-order valence-electron chi connectivity index (χ3n) is 3.26. The number of aryl methyl sites for hydroxylation is 1. The van der Waals surface area contributed by atoms with Gasteiger partial charge in [0.05, 0.1) is 11.3 Å². The van der Waals surface area contributed by atoms with Crippen molar-refractivity contribution in [2.45, 2.75) is 6.18 Å². The molecule has 0 saturated heterocycles. The molecule has 0 aliphatic heterocycles. The molecule has 124 valence electrons. The maximum atomic E-state index is 12.7. The molecule has 0 atom stereocenters. The van der Waals surface area contributed by atoms with Gasteiger partial charge in [-0.3, -0.25) is 9.59 Å². The first-order valence-electron chi connectivity index (χ1n) is 6.70. The number of pyridine rings is 1. The number of nitrogens with zero attached hydrogens (tertiary/aromatic N) is 2. The number of rotatable bonds is 2. The number of carbonyl (C=O) groups is 1. The second kappa shape index (κ2) is 5.52. The first-order valence-corrected chi connectivity index (χ1v) is 6.70. The summed E-state index contributed by atoms with van der Waals surface area (Å²) < 4.78 is 44.0. The SMILES string of the molecule is Cn1cc(C(=O)Nc2cccc3oc(C(F)(F)F)nc23)ccc1=O. The molecule has 1 aromatic carbocycles. The van der Waals surface area contributed by atoms with E-state index in [9.17, 15) is 22.8 Å². The van der Waals surface area contributed by atoms with Crippen LogP contribution in [-0.2, 0) is 13.2 Å². The van der Waals surface area contributed by atoms with Crippen molar-refractivity contribution in [3.05, 3.63) is 58.3 Å². The molecule has 1 N–H and O–H groups in total. The Morgan fingerprint density at radius 2 is 2.00 bits per heavy atom. The van der Waals surface area contributed by atoms with Crippen molar-refractivity contribution in [2.75, 3.05) is 5.32 Å². The first kappa shape index (κ1) is 15.8. The van der Waals surface area contributed by atoms with Crippen molar-refractivity contribution in [3.63, 3.8) is 0 Å².